The van der Waals surface area contributed by atoms with E-state index in [0.717, 1.165) is 36.1 Å². The van der Waals surface area contributed by atoms with Crippen LogP contribution in [0.2, 0.25) is 0 Å². The Morgan fingerprint density at radius 2 is 1.56 bits per heavy atom. The second-order valence-corrected chi connectivity index (χ2v) is 18.5. The van der Waals surface area contributed by atoms with Crippen LogP contribution >= 0.6 is 10.3 Å². The number of benzene rings is 2. The third kappa shape index (κ3) is 4.20. The smallest absolute Gasteiger partial charge is 0.314 e. The summed E-state index contributed by atoms with van der Waals surface area (Å²) >= 11 is 0. The van der Waals surface area contributed by atoms with Crippen LogP contribution < -0.4 is 0 Å². The third-order valence-corrected chi connectivity index (χ3v) is 17.5. The molecule has 0 spiro atoms. The van der Waals surface area contributed by atoms with Crippen LogP contribution in [-0.2, 0) is 31.6 Å². The number of hydrogen-bond donors (Lipinski definition) is 0. The van der Waals surface area contributed by atoms with Crippen LogP contribution in [-0.4, -0.2) is 64.6 Å². The fourth-order valence-corrected chi connectivity index (χ4v) is 16.7. The Bertz CT molecular complexity index is 1470. The molecule has 2 aliphatic carbocycles. The van der Waals surface area contributed by atoms with Gasteiger partial charge in [0.15, 0.2) is 0 Å². The standard InChI is InChI=1S/C32H40N2O5S2/c1-31(2)25-15-16-32(31,28(35)18-25)22-41(37,38)39-40-17-9-14-27(40)29-26(21-40)33(19-23-10-5-3-6-11-23)30(36)34(29)20-24-12-7-4-8-13-24/h3-8,10-13,25-27,29H,9,14-22H2,1-2H3. The largest absolute Gasteiger partial charge is 0.321 e. The van der Waals surface area contributed by atoms with Gasteiger partial charge in [0, 0.05) is 36.3 Å². The van der Waals surface area contributed by atoms with Gasteiger partial charge in [-0.05, 0) is 48.1 Å². The van der Waals surface area contributed by atoms with E-state index in [-0.39, 0.29) is 46.2 Å². The molecule has 2 aromatic rings. The van der Waals surface area contributed by atoms with Gasteiger partial charge in [-0.1, -0.05) is 74.5 Å². The molecule has 2 saturated carbocycles. The van der Waals surface area contributed by atoms with Crippen molar-refractivity contribution in [1.82, 2.24) is 9.80 Å². The van der Waals surface area contributed by atoms with Crippen LogP contribution in [0.5, 0.6) is 0 Å². The van der Waals surface area contributed by atoms with Gasteiger partial charge in [-0.3, -0.25) is 4.79 Å². The molecule has 0 aromatic heterocycles. The minimum atomic E-state index is -3.96. The second-order valence-electron chi connectivity index (χ2n) is 13.4. The van der Waals surface area contributed by atoms with Gasteiger partial charge in [0.2, 0.25) is 0 Å². The summed E-state index contributed by atoms with van der Waals surface area (Å²) in [6.07, 6.45) is 3.79. The molecule has 41 heavy (non-hydrogen) atoms. The monoisotopic (exact) mass is 596 g/mol. The van der Waals surface area contributed by atoms with Crippen molar-refractivity contribution in [3.8, 4) is 0 Å². The highest BCUT2D eigenvalue weighted by Gasteiger charge is 2.67. The first-order valence-corrected chi connectivity index (χ1v) is 18.5. The van der Waals surface area contributed by atoms with Crippen molar-refractivity contribution < 1.29 is 21.6 Å². The number of fused-ring (bicyclic) bond motifs is 5. The Hall–Kier alpha value is -2.36. The molecule has 5 aliphatic rings. The highest BCUT2D eigenvalue weighted by atomic mass is 32.3. The molecule has 3 aliphatic heterocycles. The fraction of sp³-hybridized carbons (Fsp3) is 0.562. The average Bonchev–Trinajstić information content (AvgIpc) is 3.63. The molecule has 3 saturated heterocycles. The van der Waals surface area contributed by atoms with Crippen LogP contribution in [0.1, 0.15) is 57.1 Å². The molecular formula is C32H40N2O5S2. The van der Waals surface area contributed by atoms with Crippen LogP contribution in [0.15, 0.2) is 60.7 Å². The maximum Gasteiger partial charge on any atom is 0.321 e. The van der Waals surface area contributed by atoms with Gasteiger partial charge in [-0.25, -0.2) is 8.42 Å². The summed E-state index contributed by atoms with van der Waals surface area (Å²) in [6.45, 7) is 5.14. The van der Waals surface area contributed by atoms with Gasteiger partial charge in [0.25, 0.3) is 10.1 Å². The molecule has 0 N–H and O–H groups in total. The van der Waals surface area contributed by atoms with Crippen LogP contribution in [0.3, 0.4) is 0 Å². The summed E-state index contributed by atoms with van der Waals surface area (Å²) in [6, 6.07) is 19.9. The number of Topliss-reactive ketones (excluding diaryl/α,β-unsaturated/α-hetero) is 1. The number of carbonyl (C=O) groups excluding carboxylic acids is 2. The minimum Gasteiger partial charge on any atom is -0.314 e. The van der Waals surface area contributed by atoms with Gasteiger partial charge < -0.3 is 9.80 Å². The summed E-state index contributed by atoms with van der Waals surface area (Å²) in [4.78, 5) is 31.1. The first-order chi connectivity index (χ1) is 19.6. The van der Waals surface area contributed by atoms with E-state index in [0.29, 0.717) is 31.7 Å². The molecule has 9 heteroatoms. The molecule has 6 unspecified atom stereocenters. The van der Waals surface area contributed by atoms with Gasteiger partial charge in [-0.15, -0.1) is 10.3 Å². The predicted molar refractivity (Wildman–Crippen MR) is 161 cm³/mol. The van der Waals surface area contributed by atoms with Crippen LogP contribution in [0.25, 0.3) is 0 Å². The second kappa shape index (κ2) is 9.58. The number of hydrogen-bond acceptors (Lipinski definition) is 5. The SMILES string of the molecule is CC1(C)C2CCC1(CS(=O)(=O)OS13CCCC1C1C(C3)N(Cc3ccccc3)C(=O)N1Cc1ccccc1)C(=O)C2. The number of amides is 2. The van der Waals surface area contributed by atoms with E-state index in [1.165, 1.54) is 0 Å². The first kappa shape index (κ1) is 27.5. The van der Waals surface area contributed by atoms with E-state index >= 15 is 0 Å². The van der Waals surface area contributed by atoms with E-state index < -0.39 is 25.8 Å². The summed E-state index contributed by atoms with van der Waals surface area (Å²) in [7, 11) is -5.97. The molecular weight excluding hydrogens is 556 g/mol. The zero-order chi connectivity index (χ0) is 28.6. The van der Waals surface area contributed by atoms with Gasteiger partial charge in [0.05, 0.1) is 23.3 Å². The maximum absolute atomic E-state index is 14.0. The Morgan fingerprint density at radius 3 is 2.15 bits per heavy atom. The van der Waals surface area contributed by atoms with Crippen molar-refractivity contribution in [2.75, 3.05) is 17.3 Å². The summed E-state index contributed by atoms with van der Waals surface area (Å²) < 4.78 is 34.4. The molecule has 7 rings (SSSR count). The summed E-state index contributed by atoms with van der Waals surface area (Å²) in [5, 5.41) is 0.0110. The van der Waals surface area contributed by atoms with E-state index in [1.54, 1.807) is 0 Å². The van der Waals surface area contributed by atoms with E-state index in [9.17, 15) is 18.0 Å². The van der Waals surface area contributed by atoms with Crippen molar-refractivity contribution in [2.45, 2.75) is 76.4 Å². The van der Waals surface area contributed by atoms with Crippen molar-refractivity contribution in [2.24, 2.45) is 16.7 Å². The Morgan fingerprint density at radius 1 is 0.927 bits per heavy atom. The normalized spacial score (nSPS) is 36.9. The lowest BCUT2D eigenvalue weighted by Gasteiger charge is -2.41. The molecule has 2 amide bonds. The third-order valence-electron chi connectivity index (χ3n) is 11.2. The Labute approximate surface area is 245 Å². The summed E-state index contributed by atoms with van der Waals surface area (Å²) in [5.74, 6) is 1.46. The molecule has 3 heterocycles. The number of ketones is 1. The van der Waals surface area contributed by atoms with Crippen LogP contribution in [0.4, 0.5) is 4.79 Å². The highest BCUT2D eigenvalue weighted by Crippen LogP contribution is 2.70. The van der Waals surface area contributed by atoms with E-state index in [2.05, 4.69) is 13.8 Å². The summed E-state index contributed by atoms with van der Waals surface area (Å²) in [5.41, 5.74) is 0.953. The van der Waals surface area contributed by atoms with Crippen molar-refractivity contribution >= 4 is 32.2 Å². The zero-order valence-corrected chi connectivity index (χ0v) is 25.5. The van der Waals surface area contributed by atoms with Crippen molar-refractivity contribution in [1.29, 1.82) is 0 Å². The quantitative estimate of drug-likeness (QED) is 0.376. The van der Waals surface area contributed by atoms with Crippen molar-refractivity contribution in [3.05, 3.63) is 71.8 Å². The molecule has 6 atom stereocenters. The van der Waals surface area contributed by atoms with Crippen molar-refractivity contribution in [3.63, 3.8) is 0 Å². The molecule has 220 valence electrons. The van der Waals surface area contributed by atoms with Crippen LogP contribution in [0, 0.1) is 16.7 Å². The first-order valence-electron chi connectivity index (χ1n) is 15.0. The number of carbonyl (C=O) groups is 2. The zero-order valence-electron chi connectivity index (χ0n) is 23.9. The Kier molecular flexibility index (Phi) is 6.42. The lowest BCUT2D eigenvalue weighted by molar-refractivity contribution is -0.128. The van der Waals surface area contributed by atoms with E-state index in [1.807, 2.05) is 70.5 Å². The number of nitrogens with zero attached hydrogens (tertiary/aromatic N) is 2. The fourth-order valence-electron chi connectivity index (χ4n) is 8.95. The van der Waals surface area contributed by atoms with Gasteiger partial charge in [0.1, 0.15) is 5.78 Å². The lowest BCUT2D eigenvalue weighted by Crippen LogP contribution is -2.43. The molecule has 0 radical (unpaired) electrons. The molecule has 2 aromatic carbocycles. The molecule has 7 nitrogen and oxygen atoms in total. The molecule has 2 bridgehead atoms. The highest BCUT2D eigenvalue weighted by molar-refractivity contribution is 8.33. The average molecular weight is 597 g/mol. The van der Waals surface area contributed by atoms with Gasteiger partial charge >= 0.3 is 6.03 Å². The van der Waals surface area contributed by atoms with E-state index in [4.69, 9.17) is 3.63 Å². The maximum atomic E-state index is 14.0. The number of urea groups is 1. The number of rotatable bonds is 8. The Balaban J connectivity index is 1.20. The lowest BCUT2D eigenvalue weighted by atomic mass is 9.70. The molecule has 5 fully saturated rings. The minimum absolute atomic E-state index is 0.0110. The predicted octanol–water partition coefficient (Wildman–Crippen LogP) is 5.50. The topological polar surface area (TPSA) is 84.0 Å². The van der Waals surface area contributed by atoms with Gasteiger partial charge in [-0.2, -0.15) is 8.42 Å².